The molecule has 0 aliphatic carbocycles. The smallest absolute Gasteiger partial charge is 0.318 e. The molecule has 0 bridgehead atoms. The standard InChI is InChI=1S/C9H16O4S/c1-5(2)7(8(10)11)14-6(3)9(12)13-4/h5-7H,1-4H3,(H,10,11). The predicted octanol–water partition coefficient (Wildman–Crippen LogP) is 1.39. The molecule has 0 amide bonds. The van der Waals surface area contributed by atoms with Crippen LogP contribution in [0.15, 0.2) is 0 Å². The van der Waals surface area contributed by atoms with Gasteiger partial charge in [-0.2, -0.15) is 0 Å². The van der Waals surface area contributed by atoms with Gasteiger partial charge in [-0.1, -0.05) is 13.8 Å². The van der Waals surface area contributed by atoms with Crippen molar-refractivity contribution in [2.45, 2.75) is 31.3 Å². The quantitative estimate of drug-likeness (QED) is 0.709. The number of carbonyl (C=O) groups excluding carboxylic acids is 1. The van der Waals surface area contributed by atoms with Crippen LogP contribution in [-0.2, 0) is 14.3 Å². The third kappa shape index (κ3) is 4.00. The predicted molar refractivity (Wildman–Crippen MR) is 55.3 cm³/mol. The highest BCUT2D eigenvalue weighted by atomic mass is 32.2. The first-order chi connectivity index (χ1) is 6.40. The molecule has 0 aromatic rings. The number of esters is 1. The maximum Gasteiger partial charge on any atom is 0.318 e. The second-order valence-corrected chi connectivity index (χ2v) is 4.79. The Morgan fingerprint density at radius 1 is 1.29 bits per heavy atom. The Morgan fingerprint density at radius 3 is 2.07 bits per heavy atom. The number of carboxylic acid groups (broad SMARTS) is 1. The molecule has 5 heteroatoms. The van der Waals surface area contributed by atoms with Crippen molar-refractivity contribution >= 4 is 23.7 Å². The largest absolute Gasteiger partial charge is 0.480 e. The van der Waals surface area contributed by atoms with E-state index in [-0.39, 0.29) is 11.9 Å². The highest BCUT2D eigenvalue weighted by Gasteiger charge is 2.27. The van der Waals surface area contributed by atoms with E-state index in [0.29, 0.717) is 0 Å². The van der Waals surface area contributed by atoms with Crippen molar-refractivity contribution in [1.82, 2.24) is 0 Å². The monoisotopic (exact) mass is 220 g/mol. The van der Waals surface area contributed by atoms with Gasteiger partial charge in [-0.15, -0.1) is 11.8 Å². The van der Waals surface area contributed by atoms with Crippen molar-refractivity contribution in [2.75, 3.05) is 7.11 Å². The zero-order valence-corrected chi connectivity index (χ0v) is 9.63. The lowest BCUT2D eigenvalue weighted by atomic mass is 10.1. The van der Waals surface area contributed by atoms with Crippen molar-refractivity contribution in [2.24, 2.45) is 5.92 Å². The fourth-order valence-corrected chi connectivity index (χ4v) is 2.02. The molecule has 0 spiro atoms. The number of aliphatic carboxylic acids is 1. The molecule has 0 aromatic carbocycles. The molecule has 0 aromatic heterocycles. The average molecular weight is 220 g/mol. The van der Waals surface area contributed by atoms with Gasteiger partial charge < -0.3 is 9.84 Å². The number of carbonyl (C=O) groups is 2. The number of methoxy groups -OCH3 is 1. The van der Waals surface area contributed by atoms with Gasteiger partial charge in [0.25, 0.3) is 0 Å². The van der Waals surface area contributed by atoms with Crippen molar-refractivity contribution in [1.29, 1.82) is 0 Å². The van der Waals surface area contributed by atoms with Gasteiger partial charge in [0, 0.05) is 0 Å². The zero-order chi connectivity index (χ0) is 11.3. The summed E-state index contributed by atoms with van der Waals surface area (Å²) in [5.41, 5.74) is 0. The average Bonchev–Trinajstić information content (AvgIpc) is 2.11. The molecule has 0 fully saturated rings. The molecular formula is C9H16O4S. The number of hydrogen-bond acceptors (Lipinski definition) is 4. The minimum absolute atomic E-state index is 0.00962. The zero-order valence-electron chi connectivity index (χ0n) is 8.81. The van der Waals surface area contributed by atoms with E-state index in [1.54, 1.807) is 6.92 Å². The highest BCUT2D eigenvalue weighted by Crippen LogP contribution is 2.24. The molecule has 0 radical (unpaired) electrons. The van der Waals surface area contributed by atoms with Crippen LogP contribution in [0, 0.1) is 5.92 Å². The number of ether oxygens (including phenoxy) is 1. The van der Waals surface area contributed by atoms with Crippen molar-refractivity contribution < 1.29 is 19.4 Å². The van der Waals surface area contributed by atoms with E-state index in [4.69, 9.17) is 5.11 Å². The second kappa shape index (κ2) is 5.90. The van der Waals surface area contributed by atoms with Crippen molar-refractivity contribution in [3.05, 3.63) is 0 Å². The van der Waals surface area contributed by atoms with Gasteiger partial charge in [0.2, 0.25) is 0 Å². The maximum absolute atomic E-state index is 11.1. The van der Waals surface area contributed by atoms with E-state index >= 15 is 0 Å². The number of hydrogen-bond donors (Lipinski definition) is 1. The molecule has 0 aliphatic heterocycles. The van der Waals surface area contributed by atoms with Crippen LogP contribution in [0.1, 0.15) is 20.8 Å². The molecule has 0 saturated heterocycles. The lowest BCUT2D eigenvalue weighted by Crippen LogP contribution is -2.28. The van der Waals surface area contributed by atoms with E-state index in [0.717, 1.165) is 11.8 Å². The molecule has 0 saturated carbocycles. The van der Waals surface area contributed by atoms with Crippen LogP contribution in [0.25, 0.3) is 0 Å². The summed E-state index contributed by atoms with van der Waals surface area (Å²) in [7, 11) is 1.30. The van der Waals surface area contributed by atoms with Gasteiger partial charge in [-0.25, -0.2) is 0 Å². The summed E-state index contributed by atoms with van der Waals surface area (Å²) >= 11 is 1.12. The lowest BCUT2D eigenvalue weighted by molar-refractivity contribution is -0.139. The van der Waals surface area contributed by atoms with Crippen LogP contribution in [0.2, 0.25) is 0 Å². The molecule has 0 heterocycles. The molecule has 0 aliphatic rings. The highest BCUT2D eigenvalue weighted by molar-refractivity contribution is 8.01. The molecule has 2 atom stereocenters. The topological polar surface area (TPSA) is 63.6 Å². The fraction of sp³-hybridized carbons (Fsp3) is 0.778. The minimum atomic E-state index is -0.888. The summed E-state index contributed by atoms with van der Waals surface area (Å²) in [6, 6.07) is 0. The van der Waals surface area contributed by atoms with Gasteiger partial charge >= 0.3 is 11.9 Å². The van der Waals surface area contributed by atoms with Crippen LogP contribution in [0.4, 0.5) is 0 Å². The van der Waals surface area contributed by atoms with Gasteiger partial charge in [-0.05, 0) is 12.8 Å². The summed E-state index contributed by atoms with van der Waals surface area (Å²) in [5, 5.41) is 7.87. The molecule has 1 N–H and O–H groups in total. The van der Waals surface area contributed by atoms with E-state index < -0.39 is 16.5 Å². The minimum Gasteiger partial charge on any atom is -0.480 e. The van der Waals surface area contributed by atoms with Gasteiger partial charge in [-0.3, -0.25) is 9.59 Å². The Morgan fingerprint density at radius 2 is 1.79 bits per heavy atom. The summed E-state index contributed by atoms with van der Waals surface area (Å²) in [6.07, 6.45) is 0. The SMILES string of the molecule is COC(=O)C(C)SC(C(=O)O)C(C)C. The van der Waals surface area contributed by atoms with Crippen molar-refractivity contribution in [3.63, 3.8) is 0 Å². The normalized spacial score (nSPS) is 14.9. The molecule has 14 heavy (non-hydrogen) atoms. The summed E-state index contributed by atoms with van der Waals surface area (Å²) in [6.45, 7) is 5.28. The molecule has 2 unspecified atom stereocenters. The Balaban J connectivity index is 4.30. The van der Waals surface area contributed by atoms with Crippen LogP contribution >= 0.6 is 11.8 Å². The van der Waals surface area contributed by atoms with Crippen LogP contribution in [0.3, 0.4) is 0 Å². The summed E-state index contributed by atoms with van der Waals surface area (Å²) in [4.78, 5) is 21.9. The van der Waals surface area contributed by atoms with Gasteiger partial charge in [0.1, 0.15) is 10.5 Å². The summed E-state index contributed by atoms with van der Waals surface area (Å²) < 4.78 is 4.52. The third-order valence-corrected chi connectivity index (χ3v) is 3.37. The van der Waals surface area contributed by atoms with Gasteiger partial charge in [0.15, 0.2) is 0 Å². The van der Waals surface area contributed by atoms with E-state index in [1.807, 2.05) is 13.8 Å². The van der Waals surface area contributed by atoms with E-state index in [2.05, 4.69) is 4.74 Å². The van der Waals surface area contributed by atoms with Crippen LogP contribution < -0.4 is 0 Å². The third-order valence-electron chi connectivity index (χ3n) is 1.73. The fourth-order valence-electron chi connectivity index (χ4n) is 0.942. The lowest BCUT2D eigenvalue weighted by Gasteiger charge is -2.18. The number of rotatable bonds is 5. The Bertz CT molecular complexity index is 215. The number of carboxylic acids is 1. The van der Waals surface area contributed by atoms with Crippen molar-refractivity contribution in [3.8, 4) is 0 Å². The van der Waals surface area contributed by atoms with Gasteiger partial charge in [0.05, 0.1) is 7.11 Å². The van der Waals surface area contributed by atoms with Crippen LogP contribution in [0.5, 0.6) is 0 Å². The Kier molecular flexibility index (Phi) is 5.60. The number of thioether (sulfide) groups is 1. The maximum atomic E-state index is 11.1. The first-order valence-corrected chi connectivity index (χ1v) is 5.30. The molecular weight excluding hydrogens is 204 g/mol. The Hall–Kier alpha value is -0.710. The molecule has 0 rings (SSSR count). The molecule has 4 nitrogen and oxygen atoms in total. The first-order valence-electron chi connectivity index (χ1n) is 4.36. The first kappa shape index (κ1) is 13.3. The summed E-state index contributed by atoms with van der Waals surface area (Å²) in [5.74, 6) is -1.28. The Labute approximate surface area is 88.0 Å². The van der Waals surface area contributed by atoms with E-state index in [1.165, 1.54) is 7.11 Å². The molecule has 82 valence electrons. The second-order valence-electron chi connectivity index (χ2n) is 3.30. The van der Waals surface area contributed by atoms with Crippen LogP contribution in [-0.4, -0.2) is 34.7 Å². The van der Waals surface area contributed by atoms with E-state index in [9.17, 15) is 9.59 Å².